The monoisotopic (exact) mass is 727 g/mol. The van der Waals surface area contributed by atoms with Gasteiger partial charge in [-0.15, -0.1) is 0 Å². The fourth-order valence-electron chi connectivity index (χ4n) is 5.97. The Labute approximate surface area is 311 Å². The van der Waals surface area contributed by atoms with Crippen LogP contribution < -0.4 is 30.2 Å². The molecule has 0 saturated carbocycles. The molecule has 0 bridgehead atoms. The smallest absolute Gasteiger partial charge is 0.418 e. The Morgan fingerprint density at radius 1 is 0.962 bits per heavy atom. The van der Waals surface area contributed by atoms with Gasteiger partial charge in [0.25, 0.3) is 5.91 Å². The molecule has 1 saturated heterocycles. The van der Waals surface area contributed by atoms with Gasteiger partial charge >= 0.3 is 6.09 Å². The quantitative estimate of drug-likeness (QED) is 0.123. The number of methoxy groups -OCH3 is 1. The maximum atomic E-state index is 15.0. The predicted molar refractivity (Wildman–Crippen MR) is 205 cm³/mol. The second-order valence-corrected chi connectivity index (χ2v) is 13.5. The van der Waals surface area contributed by atoms with Crippen molar-refractivity contribution in [1.29, 1.82) is 0 Å². The lowest BCUT2D eigenvalue weighted by Crippen LogP contribution is -2.49. The van der Waals surface area contributed by atoms with Gasteiger partial charge < -0.3 is 24.8 Å². The molecular formula is C40H50FN7O5. The van der Waals surface area contributed by atoms with Crippen LogP contribution in [0.25, 0.3) is 11.1 Å². The first-order valence-corrected chi connectivity index (χ1v) is 18.0. The van der Waals surface area contributed by atoms with Crippen molar-refractivity contribution in [2.45, 2.75) is 60.0 Å². The van der Waals surface area contributed by atoms with Gasteiger partial charge in [-0.3, -0.25) is 19.9 Å². The summed E-state index contributed by atoms with van der Waals surface area (Å²) in [4.78, 5) is 39.9. The number of anilines is 3. The highest BCUT2D eigenvalue weighted by atomic mass is 19.1. The van der Waals surface area contributed by atoms with Crippen LogP contribution in [-0.2, 0) is 0 Å². The maximum Gasteiger partial charge on any atom is 0.418 e. The minimum atomic E-state index is -0.842. The zero-order valence-electron chi connectivity index (χ0n) is 31.6. The first kappa shape index (κ1) is 38.9. The molecule has 1 aliphatic rings. The van der Waals surface area contributed by atoms with Crippen molar-refractivity contribution < 1.29 is 28.2 Å². The van der Waals surface area contributed by atoms with Crippen molar-refractivity contribution in [2.24, 2.45) is 0 Å². The molecule has 1 atom stereocenters. The lowest BCUT2D eigenvalue weighted by Gasteiger charge is -2.36. The molecule has 0 radical (unpaired) electrons. The third-order valence-corrected chi connectivity index (χ3v) is 9.49. The molecule has 5 rings (SSSR count). The van der Waals surface area contributed by atoms with Gasteiger partial charge in [0, 0.05) is 73.9 Å². The molecule has 0 aliphatic carbocycles. The number of hydrogen-bond acceptors (Lipinski definition) is 10. The maximum absolute atomic E-state index is 15.0. The van der Waals surface area contributed by atoms with Crippen molar-refractivity contribution >= 4 is 29.5 Å². The highest BCUT2D eigenvalue weighted by molar-refractivity contribution is 5.98. The molecule has 2 heterocycles. The Balaban J connectivity index is 1.26. The minimum absolute atomic E-state index is 0.0321. The molecule has 0 spiro atoms. The number of rotatable bonds is 14. The SMILES string of the molecule is CCC(C)NC(=O)c1cc(OC)c(OC(=O)Nc2ccnc(Nc3ccc(OCCN4CCN(C(C)C)CC4)c(F)c3)n2)c(-c2cccc(C)c2C)c1. The molecule has 4 aromatic rings. The van der Waals surface area contributed by atoms with Crippen LogP contribution in [0.4, 0.5) is 26.6 Å². The summed E-state index contributed by atoms with van der Waals surface area (Å²) >= 11 is 0. The number of aryl methyl sites for hydroxylation is 1. The predicted octanol–water partition coefficient (Wildman–Crippen LogP) is 7.20. The van der Waals surface area contributed by atoms with Gasteiger partial charge in [-0.05, 0) is 88.1 Å². The third kappa shape index (κ3) is 10.2. The van der Waals surface area contributed by atoms with Crippen LogP contribution in [0.3, 0.4) is 0 Å². The zero-order chi connectivity index (χ0) is 38.1. The highest BCUT2D eigenvalue weighted by Gasteiger charge is 2.23. The molecule has 2 amide bonds. The molecule has 1 fully saturated rings. The Kier molecular flexibility index (Phi) is 13.2. The van der Waals surface area contributed by atoms with Crippen LogP contribution in [0, 0.1) is 19.7 Å². The van der Waals surface area contributed by atoms with Gasteiger partial charge in [0.1, 0.15) is 12.4 Å². The lowest BCUT2D eigenvalue weighted by atomic mass is 9.94. The number of nitrogens with one attached hydrogen (secondary N) is 3. The van der Waals surface area contributed by atoms with E-state index in [2.05, 4.69) is 49.6 Å². The molecular weight excluding hydrogens is 677 g/mol. The third-order valence-electron chi connectivity index (χ3n) is 9.49. The van der Waals surface area contributed by atoms with Crippen LogP contribution in [0.15, 0.2) is 60.8 Å². The lowest BCUT2D eigenvalue weighted by molar-refractivity contribution is 0.0939. The number of hydrogen-bond donors (Lipinski definition) is 3. The van der Waals surface area contributed by atoms with E-state index in [-0.39, 0.29) is 41.0 Å². The van der Waals surface area contributed by atoms with Crippen molar-refractivity contribution in [1.82, 2.24) is 25.1 Å². The van der Waals surface area contributed by atoms with Crippen molar-refractivity contribution in [3.05, 3.63) is 83.3 Å². The normalized spacial score (nSPS) is 14.1. The summed E-state index contributed by atoms with van der Waals surface area (Å²) < 4.78 is 32.3. The number of carbonyl (C=O) groups excluding carboxylic acids is 2. The van der Waals surface area contributed by atoms with Gasteiger partial charge in [-0.25, -0.2) is 14.2 Å². The van der Waals surface area contributed by atoms with Crippen molar-refractivity contribution in [3.8, 4) is 28.4 Å². The molecule has 13 heteroatoms. The molecule has 1 aromatic heterocycles. The van der Waals surface area contributed by atoms with Crippen LogP contribution in [-0.4, -0.2) is 90.3 Å². The largest absolute Gasteiger partial charge is 0.493 e. The highest BCUT2D eigenvalue weighted by Crippen LogP contribution is 2.41. The number of aromatic nitrogens is 2. The minimum Gasteiger partial charge on any atom is -0.493 e. The number of piperazine rings is 1. The Morgan fingerprint density at radius 3 is 2.43 bits per heavy atom. The second-order valence-electron chi connectivity index (χ2n) is 13.5. The van der Waals surface area contributed by atoms with E-state index in [1.165, 1.54) is 25.4 Å². The van der Waals surface area contributed by atoms with E-state index < -0.39 is 11.9 Å². The van der Waals surface area contributed by atoms with E-state index in [0.29, 0.717) is 29.5 Å². The van der Waals surface area contributed by atoms with E-state index in [1.807, 2.05) is 45.9 Å². The number of benzene rings is 3. The van der Waals surface area contributed by atoms with E-state index in [4.69, 9.17) is 14.2 Å². The Bertz CT molecular complexity index is 1900. The van der Waals surface area contributed by atoms with Gasteiger partial charge in [0.2, 0.25) is 5.95 Å². The fraction of sp³-hybridized carbons (Fsp3) is 0.400. The molecule has 3 N–H and O–H groups in total. The molecule has 53 heavy (non-hydrogen) atoms. The molecule has 3 aromatic carbocycles. The first-order valence-electron chi connectivity index (χ1n) is 18.0. The fourth-order valence-corrected chi connectivity index (χ4v) is 5.97. The summed E-state index contributed by atoms with van der Waals surface area (Å²) in [6.07, 6.45) is 1.38. The van der Waals surface area contributed by atoms with Gasteiger partial charge in [0.15, 0.2) is 23.1 Å². The topological polar surface area (TPSA) is 130 Å². The van der Waals surface area contributed by atoms with Gasteiger partial charge in [0.05, 0.1) is 7.11 Å². The zero-order valence-corrected chi connectivity index (χ0v) is 31.6. The average Bonchev–Trinajstić information content (AvgIpc) is 3.14. The van der Waals surface area contributed by atoms with Crippen LogP contribution in [0.5, 0.6) is 17.2 Å². The standard InChI is InChI=1S/C40H50FN7O5/c1-8-27(5)43-38(49)29-22-32(31-11-9-10-26(4)28(31)6)37(35(23-29)51-7)53-40(50)46-36-14-15-42-39(45-36)44-30-12-13-34(33(41)24-30)52-21-20-47-16-18-48(19-17-47)25(2)3/h9-15,22-25,27H,8,16-21H2,1-7H3,(H,43,49)(H2,42,44,45,46,50). The summed E-state index contributed by atoms with van der Waals surface area (Å²) in [5.74, 6) is -0.0190. The Morgan fingerprint density at radius 2 is 1.74 bits per heavy atom. The summed E-state index contributed by atoms with van der Waals surface area (Å²) in [6.45, 7) is 17.4. The summed E-state index contributed by atoms with van der Waals surface area (Å²) in [7, 11) is 1.45. The number of halogens is 1. The number of nitrogens with zero attached hydrogens (tertiary/aromatic N) is 4. The van der Waals surface area contributed by atoms with E-state index in [1.54, 1.807) is 24.3 Å². The average molecular weight is 728 g/mol. The first-order chi connectivity index (χ1) is 25.4. The van der Waals surface area contributed by atoms with E-state index >= 15 is 0 Å². The summed E-state index contributed by atoms with van der Waals surface area (Å²) in [6, 6.07) is 15.6. The molecule has 282 valence electrons. The van der Waals surface area contributed by atoms with Crippen LogP contribution in [0.2, 0.25) is 0 Å². The molecule has 1 aliphatic heterocycles. The summed E-state index contributed by atoms with van der Waals surface area (Å²) in [5, 5.41) is 8.59. The summed E-state index contributed by atoms with van der Waals surface area (Å²) in [5.41, 5.74) is 4.04. The molecule has 12 nitrogen and oxygen atoms in total. The number of carbonyl (C=O) groups is 2. The van der Waals surface area contributed by atoms with Crippen molar-refractivity contribution in [3.63, 3.8) is 0 Å². The van der Waals surface area contributed by atoms with Gasteiger partial charge in [-0.1, -0.05) is 25.1 Å². The number of amides is 2. The van der Waals surface area contributed by atoms with E-state index in [0.717, 1.165) is 55.8 Å². The van der Waals surface area contributed by atoms with Crippen LogP contribution >= 0.6 is 0 Å². The van der Waals surface area contributed by atoms with Crippen LogP contribution in [0.1, 0.15) is 55.6 Å². The Hall–Kier alpha value is -5.27. The van der Waals surface area contributed by atoms with E-state index in [9.17, 15) is 14.0 Å². The number of ether oxygens (including phenoxy) is 3. The van der Waals surface area contributed by atoms with Gasteiger partial charge in [-0.2, -0.15) is 4.98 Å². The van der Waals surface area contributed by atoms with Crippen molar-refractivity contribution in [2.75, 3.05) is 57.1 Å². The second kappa shape index (κ2) is 18.0. The molecule has 1 unspecified atom stereocenters.